The van der Waals surface area contributed by atoms with Gasteiger partial charge in [0.15, 0.2) is 0 Å². The molecule has 0 aromatic carbocycles. The summed E-state index contributed by atoms with van der Waals surface area (Å²) in [5.74, 6) is -0.0310. The van der Waals surface area contributed by atoms with Crippen LogP contribution < -0.4 is 10.6 Å². The number of hydrogen-bond acceptors (Lipinski definition) is 4. The van der Waals surface area contributed by atoms with E-state index in [0.717, 1.165) is 39.0 Å². The fraction of sp³-hybridized carbons (Fsp3) is 0.917. The molecule has 2 rings (SSSR count). The molecule has 0 bridgehead atoms. The molecule has 5 heteroatoms. The highest BCUT2D eigenvalue weighted by Crippen LogP contribution is 2.17. The third kappa shape index (κ3) is 3.94. The molecule has 2 aliphatic heterocycles. The van der Waals surface area contributed by atoms with Crippen LogP contribution in [0.3, 0.4) is 0 Å². The highest BCUT2D eigenvalue weighted by Gasteiger charge is 2.31. The minimum Gasteiger partial charge on any atom is -0.379 e. The second-order valence-corrected chi connectivity index (χ2v) is 5.17. The van der Waals surface area contributed by atoms with Gasteiger partial charge in [0.1, 0.15) is 6.61 Å². The van der Waals surface area contributed by atoms with Crippen molar-refractivity contribution in [3.8, 4) is 0 Å². The van der Waals surface area contributed by atoms with Gasteiger partial charge in [-0.05, 0) is 39.3 Å². The molecule has 1 atom stereocenters. The third-order valence-corrected chi connectivity index (χ3v) is 3.40. The molecule has 5 nitrogen and oxygen atoms in total. The highest BCUT2D eigenvalue weighted by molar-refractivity contribution is 5.78. The molecule has 98 valence electrons. The average Bonchev–Trinajstić information content (AvgIpc) is 2.74. The Balaban J connectivity index is 1.66. The second-order valence-electron chi connectivity index (χ2n) is 5.17. The first-order chi connectivity index (χ1) is 8.18. The molecule has 2 N–H and O–H groups in total. The molecule has 1 unspecified atom stereocenters. The lowest BCUT2D eigenvalue weighted by molar-refractivity contribution is -0.130. The number of rotatable bonds is 4. The summed E-state index contributed by atoms with van der Waals surface area (Å²) in [6.07, 6.45) is 3.10. The van der Waals surface area contributed by atoms with Crippen LogP contribution >= 0.6 is 0 Å². The van der Waals surface area contributed by atoms with Crippen LogP contribution in [0.15, 0.2) is 0 Å². The molecule has 2 fully saturated rings. The normalized spacial score (nSPS) is 30.4. The molecule has 0 aliphatic carbocycles. The van der Waals surface area contributed by atoms with E-state index in [9.17, 15) is 4.79 Å². The Hall–Kier alpha value is -0.650. The summed E-state index contributed by atoms with van der Waals surface area (Å²) in [6.45, 7) is 5.48. The molecule has 1 amide bonds. The summed E-state index contributed by atoms with van der Waals surface area (Å²) in [6, 6.07) is 0. The van der Waals surface area contributed by atoms with Gasteiger partial charge >= 0.3 is 0 Å². The Morgan fingerprint density at radius 3 is 2.94 bits per heavy atom. The molecule has 17 heavy (non-hydrogen) atoms. The van der Waals surface area contributed by atoms with E-state index in [2.05, 4.69) is 10.6 Å². The van der Waals surface area contributed by atoms with Crippen LogP contribution in [0.1, 0.15) is 26.2 Å². The second kappa shape index (κ2) is 5.80. The van der Waals surface area contributed by atoms with Gasteiger partial charge in [0.05, 0.1) is 18.2 Å². The molecular formula is C12H22N2O3. The van der Waals surface area contributed by atoms with Gasteiger partial charge in [-0.15, -0.1) is 0 Å². The molecule has 2 saturated heterocycles. The first-order valence-corrected chi connectivity index (χ1v) is 6.39. The summed E-state index contributed by atoms with van der Waals surface area (Å²) < 4.78 is 10.9. The highest BCUT2D eigenvalue weighted by atomic mass is 16.5. The summed E-state index contributed by atoms with van der Waals surface area (Å²) in [7, 11) is 0. The zero-order chi connectivity index (χ0) is 12.1. The maximum atomic E-state index is 11.7. The summed E-state index contributed by atoms with van der Waals surface area (Å²) in [5, 5.41) is 6.26. The number of carbonyl (C=O) groups excluding carboxylic acids is 1. The minimum absolute atomic E-state index is 0.0310. The molecule has 0 saturated carbocycles. The number of amides is 1. The van der Waals surface area contributed by atoms with E-state index in [4.69, 9.17) is 9.47 Å². The lowest BCUT2D eigenvalue weighted by Crippen LogP contribution is -2.48. The van der Waals surface area contributed by atoms with Gasteiger partial charge < -0.3 is 20.1 Å². The number of nitrogens with one attached hydrogen (secondary N) is 2. The smallest absolute Gasteiger partial charge is 0.246 e. The predicted octanol–water partition coefficient (Wildman–Crippen LogP) is 0.0502. The third-order valence-electron chi connectivity index (χ3n) is 3.40. The molecule has 2 heterocycles. The Bertz CT molecular complexity index is 258. The van der Waals surface area contributed by atoms with E-state index < -0.39 is 0 Å². The lowest BCUT2D eigenvalue weighted by Gasteiger charge is -2.26. The SMILES string of the molecule is CC1(NC(=O)COC2CCNCC2)CCOC1. The Kier molecular flexibility index (Phi) is 4.36. The van der Waals surface area contributed by atoms with Gasteiger partial charge in [-0.25, -0.2) is 0 Å². The molecule has 0 spiro atoms. The predicted molar refractivity (Wildman–Crippen MR) is 63.8 cm³/mol. The monoisotopic (exact) mass is 242 g/mol. The largest absolute Gasteiger partial charge is 0.379 e. The number of hydrogen-bond donors (Lipinski definition) is 2. The number of ether oxygens (including phenoxy) is 2. The maximum absolute atomic E-state index is 11.7. The van der Waals surface area contributed by atoms with E-state index in [1.165, 1.54) is 0 Å². The summed E-state index contributed by atoms with van der Waals surface area (Å²) >= 11 is 0. The molecular weight excluding hydrogens is 220 g/mol. The van der Waals surface area contributed by atoms with E-state index in [1.54, 1.807) is 0 Å². The van der Waals surface area contributed by atoms with Gasteiger partial charge in [-0.3, -0.25) is 4.79 Å². The van der Waals surface area contributed by atoms with Crippen molar-refractivity contribution in [3.05, 3.63) is 0 Å². The Morgan fingerprint density at radius 1 is 1.53 bits per heavy atom. The maximum Gasteiger partial charge on any atom is 0.246 e. The van der Waals surface area contributed by atoms with Crippen molar-refractivity contribution < 1.29 is 14.3 Å². The topological polar surface area (TPSA) is 59.6 Å². The Labute approximate surface area is 102 Å². The number of carbonyl (C=O) groups is 1. The van der Waals surface area contributed by atoms with Gasteiger partial charge in [0.2, 0.25) is 5.91 Å². The van der Waals surface area contributed by atoms with Crippen LogP contribution in [-0.4, -0.2) is 50.5 Å². The molecule has 0 radical (unpaired) electrons. The zero-order valence-electron chi connectivity index (χ0n) is 10.5. The van der Waals surface area contributed by atoms with Gasteiger partial charge in [-0.2, -0.15) is 0 Å². The minimum atomic E-state index is -0.200. The van der Waals surface area contributed by atoms with Crippen molar-refractivity contribution in [2.24, 2.45) is 0 Å². The van der Waals surface area contributed by atoms with E-state index >= 15 is 0 Å². The standard InChI is InChI=1S/C12H22N2O3/c1-12(4-7-16-9-12)14-11(15)8-17-10-2-5-13-6-3-10/h10,13H,2-9H2,1H3,(H,14,15). The summed E-state index contributed by atoms with van der Waals surface area (Å²) in [4.78, 5) is 11.7. The van der Waals surface area contributed by atoms with Crippen LogP contribution in [0, 0.1) is 0 Å². The quantitative estimate of drug-likeness (QED) is 0.731. The van der Waals surface area contributed by atoms with Crippen LogP contribution in [-0.2, 0) is 14.3 Å². The Morgan fingerprint density at radius 2 is 2.29 bits per heavy atom. The van der Waals surface area contributed by atoms with Crippen molar-refractivity contribution in [2.75, 3.05) is 32.9 Å². The van der Waals surface area contributed by atoms with Crippen LogP contribution in [0.2, 0.25) is 0 Å². The zero-order valence-corrected chi connectivity index (χ0v) is 10.5. The fourth-order valence-electron chi connectivity index (χ4n) is 2.29. The molecule has 0 aromatic heterocycles. The lowest BCUT2D eigenvalue weighted by atomic mass is 10.0. The van der Waals surface area contributed by atoms with Gasteiger partial charge in [0.25, 0.3) is 0 Å². The van der Waals surface area contributed by atoms with Crippen molar-refractivity contribution in [3.63, 3.8) is 0 Å². The molecule has 0 aromatic rings. The van der Waals surface area contributed by atoms with Crippen LogP contribution in [0.5, 0.6) is 0 Å². The van der Waals surface area contributed by atoms with E-state index in [-0.39, 0.29) is 24.2 Å². The van der Waals surface area contributed by atoms with E-state index in [1.807, 2.05) is 6.92 Å². The average molecular weight is 242 g/mol. The van der Waals surface area contributed by atoms with Crippen LogP contribution in [0.25, 0.3) is 0 Å². The van der Waals surface area contributed by atoms with E-state index in [0.29, 0.717) is 6.61 Å². The van der Waals surface area contributed by atoms with Crippen LogP contribution in [0.4, 0.5) is 0 Å². The fourth-order valence-corrected chi connectivity index (χ4v) is 2.29. The number of piperidine rings is 1. The molecule has 2 aliphatic rings. The van der Waals surface area contributed by atoms with Crippen molar-refractivity contribution in [2.45, 2.75) is 37.8 Å². The van der Waals surface area contributed by atoms with Crippen molar-refractivity contribution in [1.29, 1.82) is 0 Å². The first kappa shape index (κ1) is 12.8. The summed E-state index contributed by atoms with van der Waals surface area (Å²) in [5.41, 5.74) is -0.200. The van der Waals surface area contributed by atoms with Gasteiger partial charge in [-0.1, -0.05) is 0 Å². The van der Waals surface area contributed by atoms with Gasteiger partial charge in [0, 0.05) is 6.61 Å². The van der Waals surface area contributed by atoms with Crippen molar-refractivity contribution >= 4 is 5.91 Å². The first-order valence-electron chi connectivity index (χ1n) is 6.39. The van der Waals surface area contributed by atoms with Crippen molar-refractivity contribution in [1.82, 2.24) is 10.6 Å².